The lowest BCUT2D eigenvalue weighted by molar-refractivity contribution is -0.144. The lowest BCUT2D eigenvalue weighted by atomic mass is 10.0. The second kappa shape index (κ2) is 14.4. The molecule has 0 fully saturated rings. The number of rotatable bonds is 12. The molecule has 2 unspecified atom stereocenters. The molecule has 35 heavy (non-hydrogen) atoms. The molecule has 0 aliphatic carbocycles. The summed E-state index contributed by atoms with van der Waals surface area (Å²) >= 11 is 1.52. The number of thioether (sulfide) groups is 1. The number of carbonyl (C=O) groups excluding carboxylic acids is 4. The predicted octanol–water partition coefficient (Wildman–Crippen LogP) is 2.61. The lowest BCUT2D eigenvalue weighted by Crippen LogP contribution is -2.53. The van der Waals surface area contributed by atoms with Gasteiger partial charge in [0.15, 0.2) is 0 Å². The van der Waals surface area contributed by atoms with Gasteiger partial charge in [0.1, 0.15) is 30.0 Å². The molecule has 1 rings (SSSR count). The molecule has 0 radical (unpaired) electrons. The first-order valence-electron chi connectivity index (χ1n) is 11.4. The molecule has 1 aromatic carbocycles. The van der Waals surface area contributed by atoms with Crippen molar-refractivity contribution in [3.8, 4) is 5.75 Å². The fourth-order valence-corrected chi connectivity index (χ4v) is 3.68. The molecular weight excluding hydrogens is 474 g/mol. The number of phenols is 1. The zero-order valence-electron chi connectivity index (χ0n) is 21.3. The number of carbonyl (C=O) groups is 4. The molecule has 0 bridgehead atoms. The van der Waals surface area contributed by atoms with Crippen molar-refractivity contribution in [2.24, 2.45) is 0 Å². The fourth-order valence-electron chi connectivity index (χ4n) is 3.21. The summed E-state index contributed by atoms with van der Waals surface area (Å²) in [6.45, 7) is 6.87. The largest absolute Gasteiger partial charge is 0.508 e. The van der Waals surface area contributed by atoms with E-state index in [0.717, 1.165) is 0 Å². The summed E-state index contributed by atoms with van der Waals surface area (Å²) in [5.74, 6) is -1.10. The van der Waals surface area contributed by atoms with Crippen LogP contribution < -0.4 is 10.6 Å². The number of esters is 1. The number of nitrogens with zero attached hydrogens (tertiary/aromatic N) is 1. The maximum Gasteiger partial charge on any atom is 0.408 e. The highest BCUT2D eigenvalue weighted by Crippen LogP contribution is 2.25. The summed E-state index contributed by atoms with van der Waals surface area (Å²) in [5.41, 5.74) is -0.310. The van der Waals surface area contributed by atoms with Gasteiger partial charge >= 0.3 is 12.1 Å². The van der Waals surface area contributed by atoms with E-state index in [2.05, 4.69) is 15.4 Å². The van der Waals surface area contributed by atoms with Crippen LogP contribution in [0.4, 0.5) is 4.79 Å². The van der Waals surface area contributed by atoms with Gasteiger partial charge in [-0.25, -0.2) is 4.79 Å². The van der Waals surface area contributed by atoms with Crippen molar-refractivity contribution in [3.05, 3.63) is 29.8 Å². The number of hydrogen-bond acceptors (Lipinski definition) is 8. The molecule has 3 N–H and O–H groups in total. The first kappa shape index (κ1) is 30.1. The van der Waals surface area contributed by atoms with Gasteiger partial charge < -0.3 is 30.1 Å². The van der Waals surface area contributed by atoms with Crippen molar-refractivity contribution < 1.29 is 33.8 Å². The van der Waals surface area contributed by atoms with Crippen molar-refractivity contribution in [3.63, 3.8) is 0 Å². The Labute approximate surface area is 211 Å². The first-order chi connectivity index (χ1) is 16.4. The SMILES string of the molecule is CCCN(C(=O)C(CCSC)NC(=O)OC(C)(C)C)C(C(=O)NCC(=O)OC)c1ccc(O)cc1. The third-order valence-electron chi connectivity index (χ3n) is 4.75. The average Bonchev–Trinajstić information content (AvgIpc) is 2.79. The molecule has 0 aliphatic heterocycles. The molecule has 0 aliphatic rings. The minimum absolute atomic E-state index is 0.000256. The van der Waals surface area contributed by atoms with E-state index in [9.17, 15) is 24.3 Å². The highest BCUT2D eigenvalue weighted by atomic mass is 32.2. The number of nitrogens with one attached hydrogen (secondary N) is 2. The summed E-state index contributed by atoms with van der Waals surface area (Å²) in [6, 6.07) is 3.85. The zero-order chi connectivity index (χ0) is 26.6. The quantitative estimate of drug-likeness (QED) is 0.365. The number of phenolic OH excluding ortho intramolecular Hbond substituents is 1. The predicted molar refractivity (Wildman–Crippen MR) is 134 cm³/mol. The number of methoxy groups -OCH3 is 1. The Morgan fingerprint density at radius 1 is 1.14 bits per heavy atom. The fraction of sp³-hybridized carbons (Fsp3) is 0.583. The van der Waals surface area contributed by atoms with E-state index >= 15 is 0 Å². The number of hydrogen-bond donors (Lipinski definition) is 3. The van der Waals surface area contributed by atoms with E-state index in [-0.39, 0.29) is 18.8 Å². The van der Waals surface area contributed by atoms with Crippen LogP contribution in [-0.2, 0) is 23.9 Å². The number of ether oxygens (including phenoxy) is 2. The molecule has 0 saturated heterocycles. The molecule has 0 heterocycles. The van der Waals surface area contributed by atoms with Crippen LogP contribution in [-0.4, -0.2) is 77.7 Å². The molecule has 11 heteroatoms. The second-order valence-electron chi connectivity index (χ2n) is 8.80. The second-order valence-corrected chi connectivity index (χ2v) is 9.79. The van der Waals surface area contributed by atoms with Crippen LogP contribution in [0.5, 0.6) is 5.75 Å². The highest BCUT2D eigenvalue weighted by Gasteiger charge is 2.36. The number of amides is 3. The van der Waals surface area contributed by atoms with Gasteiger partial charge in [-0.15, -0.1) is 0 Å². The van der Waals surface area contributed by atoms with Gasteiger partial charge in [0.05, 0.1) is 7.11 Å². The van der Waals surface area contributed by atoms with E-state index < -0.39 is 41.6 Å². The van der Waals surface area contributed by atoms with E-state index in [4.69, 9.17) is 4.74 Å². The van der Waals surface area contributed by atoms with E-state index in [1.165, 1.54) is 48.0 Å². The number of benzene rings is 1. The van der Waals surface area contributed by atoms with Crippen LogP contribution in [0.1, 0.15) is 52.1 Å². The molecule has 2 atom stereocenters. The highest BCUT2D eigenvalue weighted by molar-refractivity contribution is 7.98. The van der Waals surface area contributed by atoms with Gasteiger partial charge in [-0.1, -0.05) is 19.1 Å². The number of aromatic hydroxyl groups is 1. The maximum atomic E-state index is 13.7. The summed E-state index contributed by atoms with van der Waals surface area (Å²) in [7, 11) is 1.21. The molecule has 10 nitrogen and oxygen atoms in total. The Bertz CT molecular complexity index is 856. The minimum atomic E-state index is -1.11. The molecular formula is C24H37N3O7S. The summed E-state index contributed by atoms with van der Waals surface area (Å²) in [4.78, 5) is 52.4. The van der Waals surface area contributed by atoms with Crippen molar-refractivity contribution >= 4 is 35.6 Å². The maximum absolute atomic E-state index is 13.7. The summed E-state index contributed by atoms with van der Waals surface area (Å²) in [6.07, 6.45) is 2.01. The Morgan fingerprint density at radius 3 is 2.29 bits per heavy atom. The minimum Gasteiger partial charge on any atom is -0.508 e. The van der Waals surface area contributed by atoms with Crippen molar-refractivity contribution in [2.75, 3.05) is 32.2 Å². The number of alkyl carbamates (subject to hydrolysis) is 1. The molecule has 3 amide bonds. The molecule has 0 spiro atoms. The molecule has 196 valence electrons. The Hall–Kier alpha value is -2.95. The van der Waals surface area contributed by atoms with Gasteiger partial charge in [-0.05, 0) is 63.3 Å². The summed E-state index contributed by atoms with van der Waals surface area (Å²) < 4.78 is 9.93. The van der Waals surface area contributed by atoms with Crippen LogP contribution in [0.15, 0.2) is 24.3 Å². The summed E-state index contributed by atoms with van der Waals surface area (Å²) in [5, 5.41) is 14.9. The lowest BCUT2D eigenvalue weighted by Gasteiger charge is -2.34. The van der Waals surface area contributed by atoms with Crippen molar-refractivity contribution in [1.29, 1.82) is 0 Å². The molecule has 0 saturated carbocycles. The normalized spacial score (nSPS) is 12.7. The Balaban J connectivity index is 3.35. The van der Waals surface area contributed by atoms with E-state index in [0.29, 0.717) is 24.2 Å². The third-order valence-corrected chi connectivity index (χ3v) is 5.39. The van der Waals surface area contributed by atoms with Crippen LogP contribution in [0.3, 0.4) is 0 Å². The monoisotopic (exact) mass is 511 g/mol. The van der Waals surface area contributed by atoms with Gasteiger partial charge in [0.2, 0.25) is 11.8 Å². The van der Waals surface area contributed by atoms with E-state index in [1.807, 2.05) is 13.2 Å². The van der Waals surface area contributed by atoms with Crippen LogP contribution in [0.2, 0.25) is 0 Å². The third kappa shape index (κ3) is 10.5. The Morgan fingerprint density at radius 2 is 1.77 bits per heavy atom. The van der Waals surface area contributed by atoms with Gasteiger partial charge in [-0.2, -0.15) is 11.8 Å². The Kier molecular flexibility index (Phi) is 12.4. The van der Waals surface area contributed by atoms with Gasteiger partial charge in [-0.3, -0.25) is 14.4 Å². The van der Waals surface area contributed by atoms with Crippen molar-refractivity contribution in [1.82, 2.24) is 15.5 Å². The van der Waals surface area contributed by atoms with Crippen molar-refractivity contribution in [2.45, 2.75) is 58.2 Å². The topological polar surface area (TPSA) is 134 Å². The zero-order valence-corrected chi connectivity index (χ0v) is 22.1. The van der Waals surface area contributed by atoms with Gasteiger partial charge in [0.25, 0.3) is 0 Å². The molecule has 1 aromatic rings. The average molecular weight is 512 g/mol. The van der Waals surface area contributed by atoms with Crippen LogP contribution in [0.25, 0.3) is 0 Å². The van der Waals surface area contributed by atoms with Crippen LogP contribution in [0, 0.1) is 0 Å². The molecule has 0 aromatic heterocycles. The first-order valence-corrected chi connectivity index (χ1v) is 12.7. The van der Waals surface area contributed by atoms with Gasteiger partial charge in [0, 0.05) is 6.54 Å². The standard InChI is InChI=1S/C24H37N3O7S/c1-7-13-27(22(31)18(12-14-35-6)26-23(32)34-24(2,3)4)20(16-8-10-17(28)11-9-16)21(30)25-15-19(29)33-5/h8-11,18,20,28H,7,12-15H2,1-6H3,(H,25,30)(H,26,32). The van der Waals surface area contributed by atoms with Crippen LogP contribution >= 0.6 is 11.8 Å². The smallest absolute Gasteiger partial charge is 0.408 e. The van der Waals surface area contributed by atoms with E-state index in [1.54, 1.807) is 20.8 Å².